The summed E-state index contributed by atoms with van der Waals surface area (Å²) < 4.78 is 0. The molecule has 140 valence electrons. The van der Waals surface area contributed by atoms with Gasteiger partial charge in [-0.15, -0.1) is 12.4 Å². The highest BCUT2D eigenvalue weighted by atomic mass is 35.5. The van der Waals surface area contributed by atoms with Crippen LogP contribution in [0.4, 0.5) is 0 Å². The van der Waals surface area contributed by atoms with Gasteiger partial charge in [0.25, 0.3) is 0 Å². The number of hydrogen-bond acceptors (Lipinski definition) is 2. The fourth-order valence-corrected chi connectivity index (χ4v) is 4.46. The first-order valence-electron chi connectivity index (χ1n) is 9.77. The summed E-state index contributed by atoms with van der Waals surface area (Å²) in [6.07, 6.45) is 7.76. The van der Waals surface area contributed by atoms with Crippen LogP contribution in [0.25, 0.3) is 0 Å². The highest BCUT2D eigenvalue weighted by Gasteiger charge is 2.26. The van der Waals surface area contributed by atoms with E-state index in [1.807, 2.05) is 0 Å². The van der Waals surface area contributed by atoms with Crippen LogP contribution in [0, 0.1) is 11.8 Å². The van der Waals surface area contributed by atoms with Gasteiger partial charge in [-0.25, -0.2) is 0 Å². The van der Waals surface area contributed by atoms with Gasteiger partial charge in [0.05, 0.1) is 0 Å². The van der Waals surface area contributed by atoms with Gasteiger partial charge in [-0.3, -0.25) is 4.79 Å². The fraction of sp³-hybridized carbons (Fsp3) is 0.667. The average Bonchev–Trinajstić information content (AvgIpc) is 2.64. The molecule has 1 atom stereocenters. The topological polar surface area (TPSA) is 41.1 Å². The maximum Gasteiger partial charge on any atom is 0.220 e. The molecule has 1 heterocycles. The number of nitrogens with one attached hydrogen (secondary N) is 2. The van der Waals surface area contributed by atoms with Crippen molar-refractivity contribution in [1.29, 1.82) is 0 Å². The van der Waals surface area contributed by atoms with E-state index in [9.17, 15) is 4.79 Å². The van der Waals surface area contributed by atoms with Crippen LogP contribution in [0.5, 0.6) is 0 Å². The van der Waals surface area contributed by atoms with Crippen molar-refractivity contribution in [3.05, 3.63) is 35.9 Å². The molecule has 1 aromatic carbocycles. The van der Waals surface area contributed by atoms with E-state index in [0.29, 0.717) is 30.2 Å². The Morgan fingerprint density at radius 2 is 1.72 bits per heavy atom. The molecule has 1 saturated carbocycles. The number of piperidine rings is 1. The molecule has 1 unspecified atom stereocenters. The van der Waals surface area contributed by atoms with Gasteiger partial charge in [0.15, 0.2) is 0 Å². The molecule has 2 fully saturated rings. The van der Waals surface area contributed by atoms with Crippen molar-refractivity contribution in [2.24, 2.45) is 11.8 Å². The van der Waals surface area contributed by atoms with Crippen molar-refractivity contribution in [2.45, 2.75) is 63.8 Å². The highest BCUT2D eigenvalue weighted by molar-refractivity contribution is 5.85. The van der Waals surface area contributed by atoms with E-state index in [4.69, 9.17) is 0 Å². The molecule has 1 saturated heterocycles. The summed E-state index contributed by atoms with van der Waals surface area (Å²) in [5, 5.41) is 6.71. The minimum atomic E-state index is 0. The number of benzene rings is 1. The van der Waals surface area contributed by atoms with Gasteiger partial charge in [-0.05, 0) is 74.9 Å². The van der Waals surface area contributed by atoms with Crippen molar-refractivity contribution in [2.75, 3.05) is 13.1 Å². The summed E-state index contributed by atoms with van der Waals surface area (Å²) in [5.41, 5.74) is 1.46. The smallest absolute Gasteiger partial charge is 0.220 e. The van der Waals surface area contributed by atoms with Crippen LogP contribution in [-0.2, 0) is 4.79 Å². The van der Waals surface area contributed by atoms with E-state index in [1.54, 1.807) is 0 Å². The lowest BCUT2D eigenvalue weighted by Gasteiger charge is -2.31. The van der Waals surface area contributed by atoms with Crippen LogP contribution in [0.15, 0.2) is 30.3 Å². The Hall–Kier alpha value is -1.06. The summed E-state index contributed by atoms with van der Waals surface area (Å²) in [4.78, 5) is 12.4. The van der Waals surface area contributed by atoms with E-state index < -0.39 is 0 Å². The van der Waals surface area contributed by atoms with Crippen molar-refractivity contribution in [3.8, 4) is 0 Å². The normalized spacial score (nSPS) is 25.6. The Bertz CT molecular complexity index is 508. The van der Waals surface area contributed by atoms with E-state index >= 15 is 0 Å². The molecule has 3 nitrogen and oxygen atoms in total. The molecule has 4 heteroatoms. The Kier molecular flexibility index (Phi) is 8.25. The standard InChI is InChI=1S/C21H32N2O.ClH/c1-16(17-11-13-22-14-12-17)15-21(24)23-20-9-7-19(8-10-20)18-5-3-2-4-6-18;/h2-6,16-17,19-20,22H,7-15H2,1H3,(H,23,24);1H. The minimum Gasteiger partial charge on any atom is -0.353 e. The largest absolute Gasteiger partial charge is 0.353 e. The van der Waals surface area contributed by atoms with E-state index in [1.165, 1.54) is 31.2 Å². The van der Waals surface area contributed by atoms with E-state index in [-0.39, 0.29) is 18.3 Å². The number of hydrogen-bond donors (Lipinski definition) is 2. The van der Waals surface area contributed by atoms with Crippen molar-refractivity contribution >= 4 is 18.3 Å². The zero-order valence-corrected chi connectivity index (χ0v) is 16.2. The Labute approximate surface area is 158 Å². The van der Waals surface area contributed by atoms with E-state index in [0.717, 1.165) is 25.9 Å². The van der Waals surface area contributed by atoms with Crippen LogP contribution < -0.4 is 10.6 Å². The van der Waals surface area contributed by atoms with Crippen molar-refractivity contribution in [1.82, 2.24) is 10.6 Å². The fourth-order valence-electron chi connectivity index (χ4n) is 4.46. The van der Waals surface area contributed by atoms with Gasteiger partial charge in [0, 0.05) is 12.5 Å². The molecule has 1 aliphatic carbocycles. The molecule has 2 aliphatic rings. The van der Waals surface area contributed by atoms with Crippen LogP contribution in [0.1, 0.15) is 63.4 Å². The van der Waals surface area contributed by atoms with Gasteiger partial charge in [0.2, 0.25) is 5.91 Å². The zero-order valence-electron chi connectivity index (χ0n) is 15.4. The van der Waals surface area contributed by atoms with Gasteiger partial charge < -0.3 is 10.6 Å². The van der Waals surface area contributed by atoms with Crippen LogP contribution in [-0.4, -0.2) is 25.0 Å². The molecule has 1 aromatic rings. The monoisotopic (exact) mass is 364 g/mol. The number of carbonyl (C=O) groups excluding carboxylic acids is 1. The molecule has 0 aromatic heterocycles. The first kappa shape index (κ1) is 20.3. The van der Waals surface area contributed by atoms with Gasteiger partial charge in [0.1, 0.15) is 0 Å². The maximum absolute atomic E-state index is 12.4. The molecule has 0 spiro atoms. The molecule has 1 amide bonds. The molecule has 0 radical (unpaired) electrons. The van der Waals surface area contributed by atoms with Gasteiger partial charge in [-0.1, -0.05) is 37.3 Å². The lowest BCUT2D eigenvalue weighted by atomic mass is 9.81. The summed E-state index contributed by atoms with van der Waals surface area (Å²) in [6, 6.07) is 11.2. The zero-order chi connectivity index (χ0) is 16.8. The molecular formula is C21H33ClN2O. The minimum absolute atomic E-state index is 0. The molecule has 0 bridgehead atoms. The second kappa shape index (κ2) is 10.2. The lowest BCUT2D eigenvalue weighted by Crippen LogP contribution is -2.39. The van der Waals surface area contributed by atoms with Gasteiger partial charge in [-0.2, -0.15) is 0 Å². The Morgan fingerprint density at radius 3 is 2.36 bits per heavy atom. The second-order valence-electron chi connectivity index (χ2n) is 7.80. The lowest BCUT2D eigenvalue weighted by molar-refractivity contribution is -0.123. The first-order valence-corrected chi connectivity index (χ1v) is 9.77. The first-order chi connectivity index (χ1) is 11.7. The Morgan fingerprint density at radius 1 is 1.08 bits per heavy atom. The number of rotatable bonds is 5. The summed E-state index contributed by atoms with van der Waals surface area (Å²) in [6.45, 7) is 4.47. The van der Waals surface area contributed by atoms with Crippen LogP contribution in [0.2, 0.25) is 0 Å². The third-order valence-electron chi connectivity index (χ3n) is 6.06. The number of amides is 1. The van der Waals surface area contributed by atoms with E-state index in [2.05, 4.69) is 47.9 Å². The molecular weight excluding hydrogens is 332 g/mol. The summed E-state index contributed by atoms with van der Waals surface area (Å²) in [5.74, 6) is 2.16. The quantitative estimate of drug-likeness (QED) is 0.818. The van der Waals surface area contributed by atoms with Crippen LogP contribution >= 0.6 is 12.4 Å². The van der Waals surface area contributed by atoms with Crippen LogP contribution in [0.3, 0.4) is 0 Å². The molecule has 3 rings (SSSR count). The molecule has 25 heavy (non-hydrogen) atoms. The number of carbonyl (C=O) groups is 1. The third kappa shape index (κ3) is 6.00. The highest BCUT2D eigenvalue weighted by Crippen LogP contribution is 2.33. The van der Waals surface area contributed by atoms with Crippen molar-refractivity contribution in [3.63, 3.8) is 0 Å². The molecule has 2 N–H and O–H groups in total. The Balaban J connectivity index is 0.00000225. The van der Waals surface area contributed by atoms with Gasteiger partial charge >= 0.3 is 0 Å². The second-order valence-corrected chi connectivity index (χ2v) is 7.80. The summed E-state index contributed by atoms with van der Waals surface area (Å²) in [7, 11) is 0. The number of halogens is 1. The predicted molar refractivity (Wildman–Crippen MR) is 106 cm³/mol. The molecule has 1 aliphatic heterocycles. The maximum atomic E-state index is 12.4. The SMILES string of the molecule is CC(CC(=O)NC1CCC(c2ccccc2)CC1)C1CCNCC1.Cl. The average molecular weight is 365 g/mol. The van der Waals surface area contributed by atoms with Crippen molar-refractivity contribution < 1.29 is 4.79 Å². The predicted octanol–water partition coefficient (Wildman–Crippen LogP) is 4.28. The summed E-state index contributed by atoms with van der Waals surface area (Å²) >= 11 is 0. The third-order valence-corrected chi connectivity index (χ3v) is 6.06.